The van der Waals surface area contributed by atoms with Crippen molar-refractivity contribution < 1.29 is 0 Å². The molecule has 0 aliphatic heterocycles. The Hall–Kier alpha value is -0.0831. The van der Waals surface area contributed by atoms with Crippen LogP contribution in [-0.4, -0.2) is 34.3 Å². The minimum absolute atomic E-state index is 0.613. The Morgan fingerprint density at radius 1 is 0.938 bits per heavy atom. The monoisotopic (exact) mass is 241 g/mol. The Morgan fingerprint density at radius 3 is 1.56 bits per heavy atom. The van der Waals surface area contributed by atoms with Gasteiger partial charge in [0.2, 0.25) is 0 Å². The first-order valence-electron chi connectivity index (χ1n) is 6.63. The average Bonchev–Trinajstić information content (AvgIpc) is 2.12. The van der Waals surface area contributed by atoms with E-state index in [-0.39, 0.29) is 0 Å². The molecule has 0 fully saturated rings. The lowest BCUT2D eigenvalue weighted by Gasteiger charge is -2.33. The summed E-state index contributed by atoms with van der Waals surface area (Å²) in [4.78, 5) is 2.64. The highest BCUT2D eigenvalue weighted by molar-refractivity contribution is 6.21. The molecule has 96 valence electrons. The largest absolute Gasteiger partial charge is 0.296 e. The molecule has 0 aromatic carbocycles. The highest BCUT2D eigenvalue weighted by atomic mass is 28.1. The van der Waals surface area contributed by atoms with E-state index in [1.54, 1.807) is 10.8 Å². The smallest absolute Gasteiger partial charge is 0.0329 e. The first-order chi connectivity index (χ1) is 7.25. The van der Waals surface area contributed by atoms with E-state index in [1.807, 2.05) is 0 Å². The molecule has 1 atom stereocenters. The van der Waals surface area contributed by atoms with Gasteiger partial charge in [0.25, 0.3) is 0 Å². The molecule has 0 heterocycles. The van der Waals surface area contributed by atoms with Crippen molar-refractivity contribution in [1.82, 2.24) is 4.90 Å². The van der Waals surface area contributed by atoms with E-state index in [0.717, 1.165) is 11.8 Å². The van der Waals surface area contributed by atoms with Crippen LogP contribution in [0.2, 0.25) is 0 Å². The molecule has 0 saturated carbocycles. The van der Waals surface area contributed by atoms with Gasteiger partial charge in [-0.25, -0.2) is 0 Å². The minimum atomic E-state index is 0.613. The highest BCUT2D eigenvalue weighted by Crippen LogP contribution is 2.16. The van der Waals surface area contributed by atoms with Gasteiger partial charge in [0, 0.05) is 29.4 Å². The molecule has 0 spiro atoms. The maximum atomic E-state index is 2.64. The van der Waals surface area contributed by atoms with Crippen LogP contribution < -0.4 is 0 Å². The third-order valence-corrected chi connectivity index (χ3v) is 3.95. The van der Waals surface area contributed by atoms with Crippen molar-refractivity contribution in [3.05, 3.63) is 10.8 Å². The summed E-state index contributed by atoms with van der Waals surface area (Å²) in [7, 11) is 1.20. The van der Waals surface area contributed by atoms with E-state index < -0.39 is 0 Å². The molecule has 1 nitrogen and oxygen atoms in total. The fourth-order valence-corrected chi connectivity index (χ4v) is 2.44. The first-order valence-corrected chi connectivity index (χ1v) is 7.63. The number of rotatable bonds is 6. The van der Waals surface area contributed by atoms with Crippen LogP contribution in [0.4, 0.5) is 0 Å². The second-order valence-electron chi connectivity index (χ2n) is 6.10. The van der Waals surface area contributed by atoms with Gasteiger partial charge in [0.15, 0.2) is 0 Å². The zero-order valence-corrected chi connectivity index (χ0v) is 14.6. The average molecular weight is 241 g/mol. The van der Waals surface area contributed by atoms with E-state index in [0.29, 0.717) is 6.04 Å². The van der Waals surface area contributed by atoms with Crippen molar-refractivity contribution in [2.24, 2.45) is 11.8 Å². The van der Waals surface area contributed by atoms with Crippen LogP contribution in [0.3, 0.4) is 0 Å². The van der Waals surface area contributed by atoms with Crippen molar-refractivity contribution >= 4 is 10.2 Å². The summed E-state index contributed by atoms with van der Waals surface area (Å²) in [6, 6.07) is 0.613. The second-order valence-corrected chi connectivity index (χ2v) is 7.60. The lowest BCUT2D eigenvalue weighted by molar-refractivity contribution is 0.185. The molecule has 0 rings (SSSR count). The predicted octanol–water partition coefficient (Wildman–Crippen LogP) is 2.65. The van der Waals surface area contributed by atoms with Crippen LogP contribution in [0.15, 0.2) is 10.8 Å². The van der Waals surface area contributed by atoms with E-state index in [9.17, 15) is 0 Å². The van der Waals surface area contributed by atoms with Gasteiger partial charge in [-0.15, -0.1) is 0 Å². The number of hydrogen-bond donors (Lipinski definition) is 0. The highest BCUT2D eigenvalue weighted by Gasteiger charge is 2.17. The lowest BCUT2D eigenvalue weighted by atomic mass is 10.0. The van der Waals surface area contributed by atoms with Crippen LogP contribution in [0.25, 0.3) is 0 Å². The summed E-state index contributed by atoms with van der Waals surface area (Å²) in [5, 5.41) is 1.60. The molecule has 2 heteroatoms. The molecular weight excluding hydrogens is 210 g/mol. The fourth-order valence-electron chi connectivity index (χ4n) is 2.02. The lowest BCUT2D eigenvalue weighted by Crippen LogP contribution is -2.39. The van der Waals surface area contributed by atoms with E-state index >= 15 is 0 Å². The third-order valence-electron chi connectivity index (χ3n) is 3.16. The molecule has 0 aliphatic carbocycles. The Labute approximate surface area is 106 Å². The number of nitrogens with zero attached hydrogens (tertiary/aromatic N) is 1. The topological polar surface area (TPSA) is 3.24 Å². The van der Waals surface area contributed by atoms with Crippen molar-refractivity contribution in [2.75, 3.05) is 13.1 Å². The molecule has 0 aromatic heterocycles. The van der Waals surface area contributed by atoms with Gasteiger partial charge >= 0.3 is 0 Å². The normalized spacial score (nSPS) is 16.1. The van der Waals surface area contributed by atoms with Crippen molar-refractivity contribution in [2.45, 2.75) is 54.5 Å². The maximum absolute atomic E-state index is 2.64. The van der Waals surface area contributed by atoms with Crippen LogP contribution in [0.5, 0.6) is 0 Å². The van der Waals surface area contributed by atoms with Crippen LogP contribution in [-0.2, 0) is 0 Å². The van der Waals surface area contributed by atoms with Gasteiger partial charge in [0.05, 0.1) is 0 Å². The predicted molar refractivity (Wildman–Crippen MR) is 79.0 cm³/mol. The zero-order chi connectivity index (χ0) is 12.9. The van der Waals surface area contributed by atoms with Crippen LogP contribution >= 0.6 is 0 Å². The Balaban J connectivity index is 4.68. The van der Waals surface area contributed by atoms with Gasteiger partial charge < -0.3 is 0 Å². The van der Waals surface area contributed by atoms with Crippen molar-refractivity contribution in [1.29, 1.82) is 0 Å². The molecule has 1 unspecified atom stereocenters. The molecule has 0 saturated heterocycles. The van der Waals surface area contributed by atoms with E-state index in [2.05, 4.69) is 53.4 Å². The van der Waals surface area contributed by atoms with Gasteiger partial charge in [-0.2, -0.15) is 0 Å². The SMILES string of the molecule is CC([SiH3])=C(C)C(C)N(CC(C)C)CC(C)C. The Bertz CT molecular complexity index is 217. The number of allylic oxidation sites excluding steroid dienone is 1. The molecule has 0 amide bonds. The van der Waals surface area contributed by atoms with Crippen LogP contribution in [0.1, 0.15) is 48.5 Å². The van der Waals surface area contributed by atoms with Gasteiger partial charge in [0.1, 0.15) is 0 Å². The first kappa shape index (κ1) is 15.9. The number of hydrogen-bond acceptors (Lipinski definition) is 1. The van der Waals surface area contributed by atoms with Crippen molar-refractivity contribution in [3.63, 3.8) is 0 Å². The summed E-state index contributed by atoms with van der Waals surface area (Å²) >= 11 is 0. The summed E-state index contributed by atoms with van der Waals surface area (Å²) in [5.74, 6) is 1.51. The molecule has 16 heavy (non-hydrogen) atoms. The summed E-state index contributed by atoms with van der Waals surface area (Å²) < 4.78 is 0. The van der Waals surface area contributed by atoms with Gasteiger partial charge in [-0.1, -0.05) is 38.5 Å². The maximum Gasteiger partial charge on any atom is 0.0329 e. The molecule has 0 N–H and O–H groups in total. The fraction of sp³-hybridized carbons (Fsp3) is 0.857. The van der Waals surface area contributed by atoms with E-state index in [1.165, 1.54) is 23.3 Å². The zero-order valence-electron chi connectivity index (χ0n) is 12.6. The summed E-state index contributed by atoms with van der Waals surface area (Å²) in [5.41, 5.74) is 1.59. The standard InChI is InChI=1S/C14H31NSi/c1-10(2)8-15(9-11(3)4)13(6)12(5)14(7)16/h10-11,13H,8-9H2,1-7,16H3. The second kappa shape index (κ2) is 7.28. The summed E-state index contributed by atoms with van der Waals surface area (Å²) in [6.07, 6.45) is 0. The van der Waals surface area contributed by atoms with Crippen LogP contribution in [0, 0.1) is 11.8 Å². The van der Waals surface area contributed by atoms with E-state index in [4.69, 9.17) is 0 Å². The molecule has 0 aromatic rings. The molecule has 0 bridgehead atoms. The molecule has 0 aliphatic rings. The Morgan fingerprint density at radius 2 is 1.31 bits per heavy atom. The third kappa shape index (κ3) is 5.85. The summed E-state index contributed by atoms with van der Waals surface area (Å²) in [6.45, 7) is 18.6. The quantitative estimate of drug-likeness (QED) is 0.646. The molecular formula is C14H31NSi. The van der Waals surface area contributed by atoms with Gasteiger partial charge in [-0.3, -0.25) is 4.90 Å². The minimum Gasteiger partial charge on any atom is -0.296 e. The van der Waals surface area contributed by atoms with Crippen molar-refractivity contribution in [3.8, 4) is 0 Å². The van der Waals surface area contributed by atoms with Gasteiger partial charge in [-0.05, 0) is 32.6 Å². The Kier molecular flexibility index (Phi) is 7.25. The molecule has 0 radical (unpaired) electrons.